The Labute approximate surface area is 512 Å². The van der Waals surface area contributed by atoms with Crippen molar-refractivity contribution in [3.63, 3.8) is 0 Å². The van der Waals surface area contributed by atoms with Crippen LogP contribution < -0.4 is 0 Å². The van der Waals surface area contributed by atoms with Crippen molar-refractivity contribution < 1.29 is 28.6 Å². The van der Waals surface area contributed by atoms with Gasteiger partial charge < -0.3 is 14.2 Å². The van der Waals surface area contributed by atoms with Crippen molar-refractivity contribution in [2.75, 3.05) is 13.2 Å². The van der Waals surface area contributed by atoms with Crippen LogP contribution in [0.5, 0.6) is 0 Å². The quantitative estimate of drug-likeness (QED) is 0.0261. The van der Waals surface area contributed by atoms with Gasteiger partial charge in [0.1, 0.15) is 13.2 Å². The Morgan fingerprint density at radius 1 is 0.244 bits per heavy atom. The molecule has 0 radical (unpaired) electrons. The Morgan fingerprint density at radius 3 is 0.695 bits per heavy atom. The van der Waals surface area contributed by atoms with E-state index in [0.717, 1.165) is 70.6 Å². The lowest BCUT2D eigenvalue weighted by Gasteiger charge is -2.18. The maximum Gasteiger partial charge on any atom is 0.306 e. The van der Waals surface area contributed by atoms with Gasteiger partial charge >= 0.3 is 17.9 Å². The van der Waals surface area contributed by atoms with Crippen LogP contribution in [-0.4, -0.2) is 37.2 Å². The number of unbranched alkanes of at least 4 members (excludes halogenated alkanes) is 52. The van der Waals surface area contributed by atoms with E-state index in [-0.39, 0.29) is 31.1 Å². The molecule has 482 valence electrons. The smallest absolute Gasteiger partial charge is 0.306 e. The average Bonchev–Trinajstić information content (AvgIpc) is 3.47. The molecule has 0 spiro atoms. The van der Waals surface area contributed by atoms with Gasteiger partial charge in [0.25, 0.3) is 0 Å². The number of rotatable bonds is 69. The molecule has 0 aliphatic heterocycles. The van der Waals surface area contributed by atoms with Crippen molar-refractivity contribution >= 4 is 17.9 Å². The molecule has 0 aliphatic rings. The van der Waals surface area contributed by atoms with Crippen LogP contribution in [0.3, 0.4) is 0 Å². The summed E-state index contributed by atoms with van der Waals surface area (Å²) in [4.78, 5) is 38.5. The fraction of sp³-hybridized carbons (Fsp3) is 0.882. The number of ether oxygens (including phenoxy) is 3. The van der Waals surface area contributed by atoms with Crippen molar-refractivity contribution in [3.8, 4) is 0 Å². The Morgan fingerprint density at radius 2 is 0.439 bits per heavy atom. The molecular formula is C76H142O6. The fourth-order valence-corrected chi connectivity index (χ4v) is 11.3. The highest BCUT2D eigenvalue weighted by Gasteiger charge is 2.19. The molecule has 6 heteroatoms. The zero-order valence-electron chi connectivity index (χ0n) is 55.5. The van der Waals surface area contributed by atoms with Crippen LogP contribution in [0.1, 0.15) is 412 Å². The third-order valence-corrected chi connectivity index (χ3v) is 16.9. The van der Waals surface area contributed by atoms with Gasteiger partial charge in [0.15, 0.2) is 6.10 Å². The number of carbonyl (C=O) groups excluding carboxylic acids is 3. The fourth-order valence-electron chi connectivity index (χ4n) is 11.3. The predicted octanol–water partition coefficient (Wildman–Crippen LogP) is 25.5. The molecular weight excluding hydrogens is 1010 g/mol. The summed E-state index contributed by atoms with van der Waals surface area (Å²) < 4.78 is 17.0. The van der Waals surface area contributed by atoms with E-state index in [9.17, 15) is 14.4 Å². The van der Waals surface area contributed by atoms with Gasteiger partial charge in [-0.25, -0.2) is 0 Å². The van der Waals surface area contributed by atoms with E-state index in [4.69, 9.17) is 14.2 Å². The number of hydrogen-bond donors (Lipinski definition) is 0. The molecule has 0 N–H and O–H groups in total. The molecule has 0 bridgehead atoms. The minimum Gasteiger partial charge on any atom is -0.462 e. The molecule has 1 unspecified atom stereocenters. The number of hydrogen-bond acceptors (Lipinski definition) is 6. The third kappa shape index (κ3) is 68.4. The molecule has 0 aliphatic carbocycles. The summed E-state index contributed by atoms with van der Waals surface area (Å²) >= 11 is 0. The van der Waals surface area contributed by atoms with Crippen molar-refractivity contribution in [2.24, 2.45) is 0 Å². The zero-order valence-corrected chi connectivity index (χ0v) is 55.5. The van der Waals surface area contributed by atoms with Crippen LogP contribution in [0.25, 0.3) is 0 Å². The summed E-state index contributed by atoms with van der Waals surface area (Å²) in [6, 6.07) is 0. The van der Waals surface area contributed by atoms with Crippen molar-refractivity contribution in [3.05, 3.63) is 36.5 Å². The lowest BCUT2D eigenvalue weighted by Crippen LogP contribution is -2.30. The van der Waals surface area contributed by atoms with Crippen LogP contribution in [-0.2, 0) is 28.6 Å². The second kappa shape index (κ2) is 71.1. The molecule has 0 saturated carbocycles. The Bertz CT molecular complexity index is 1370. The number of allylic oxidation sites excluding steroid dienone is 6. The van der Waals surface area contributed by atoms with Gasteiger partial charge in [-0.05, 0) is 77.0 Å². The molecule has 0 heterocycles. The normalized spacial score (nSPS) is 12.2. The van der Waals surface area contributed by atoms with Gasteiger partial charge in [-0.3, -0.25) is 14.4 Å². The van der Waals surface area contributed by atoms with Gasteiger partial charge in [-0.1, -0.05) is 353 Å². The standard InChI is InChI=1S/C76H142O6/c1-4-7-10-13-16-19-22-25-28-31-34-36-37-38-39-41-42-45-48-51-54-57-60-63-66-69-75(78)81-72-73(71-80-74(77)68-65-62-59-56-53-50-47-44-33-30-27-24-21-18-15-12-9-6-3)82-76(79)70-67-64-61-58-55-52-49-46-43-40-35-32-29-26-23-20-17-14-11-8-5-2/h21,24,30,32-33,35,73H,4-20,22-23,25-29,31,34,36-72H2,1-3H3/b24-21-,33-30-,35-32-. The van der Waals surface area contributed by atoms with Crippen molar-refractivity contribution in [2.45, 2.75) is 419 Å². The molecule has 0 amide bonds. The Hall–Kier alpha value is -2.37. The summed E-state index contributed by atoms with van der Waals surface area (Å²) in [6.07, 6.45) is 88.9. The van der Waals surface area contributed by atoms with E-state index in [1.807, 2.05) is 0 Å². The highest BCUT2D eigenvalue weighted by molar-refractivity contribution is 5.71. The Kier molecular flexibility index (Phi) is 69.1. The second-order valence-electron chi connectivity index (χ2n) is 25.2. The molecule has 6 nitrogen and oxygen atoms in total. The van der Waals surface area contributed by atoms with Gasteiger partial charge in [-0.2, -0.15) is 0 Å². The van der Waals surface area contributed by atoms with E-state index in [1.54, 1.807) is 0 Å². The van der Waals surface area contributed by atoms with Crippen LogP contribution in [0.15, 0.2) is 36.5 Å². The second-order valence-corrected chi connectivity index (χ2v) is 25.2. The molecule has 0 aromatic carbocycles. The van der Waals surface area contributed by atoms with Crippen LogP contribution in [0, 0.1) is 0 Å². The maximum absolute atomic E-state index is 13.0. The van der Waals surface area contributed by atoms with E-state index in [1.165, 1.54) is 302 Å². The van der Waals surface area contributed by atoms with Crippen molar-refractivity contribution in [1.29, 1.82) is 0 Å². The number of esters is 3. The third-order valence-electron chi connectivity index (χ3n) is 16.9. The monoisotopic (exact) mass is 1150 g/mol. The van der Waals surface area contributed by atoms with Gasteiger partial charge in [-0.15, -0.1) is 0 Å². The predicted molar refractivity (Wildman–Crippen MR) is 358 cm³/mol. The average molecular weight is 1150 g/mol. The van der Waals surface area contributed by atoms with E-state index in [0.29, 0.717) is 19.3 Å². The summed E-state index contributed by atoms with van der Waals surface area (Å²) in [6.45, 7) is 6.70. The minimum atomic E-state index is -0.776. The molecule has 0 aromatic rings. The van der Waals surface area contributed by atoms with E-state index in [2.05, 4.69) is 57.2 Å². The van der Waals surface area contributed by atoms with E-state index >= 15 is 0 Å². The summed E-state index contributed by atoms with van der Waals surface area (Å²) in [5, 5.41) is 0. The minimum absolute atomic E-state index is 0.0705. The topological polar surface area (TPSA) is 78.9 Å². The maximum atomic E-state index is 13.0. The highest BCUT2D eigenvalue weighted by Crippen LogP contribution is 2.19. The van der Waals surface area contributed by atoms with E-state index < -0.39 is 6.10 Å². The highest BCUT2D eigenvalue weighted by atomic mass is 16.6. The van der Waals surface area contributed by atoms with Crippen LogP contribution in [0.2, 0.25) is 0 Å². The number of carbonyl (C=O) groups is 3. The molecule has 0 fully saturated rings. The van der Waals surface area contributed by atoms with Gasteiger partial charge in [0.05, 0.1) is 0 Å². The summed E-state index contributed by atoms with van der Waals surface area (Å²) in [7, 11) is 0. The first-order chi connectivity index (χ1) is 40.5. The van der Waals surface area contributed by atoms with Crippen molar-refractivity contribution in [1.82, 2.24) is 0 Å². The largest absolute Gasteiger partial charge is 0.462 e. The van der Waals surface area contributed by atoms with Crippen LogP contribution >= 0.6 is 0 Å². The first-order valence-corrected chi connectivity index (χ1v) is 37.0. The lowest BCUT2D eigenvalue weighted by atomic mass is 10.0. The van der Waals surface area contributed by atoms with Crippen LogP contribution in [0.4, 0.5) is 0 Å². The lowest BCUT2D eigenvalue weighted by molar-refractivity contribution is -0.167. The first-order valence-electron chi connectivity index (χ1n) is 37.0. The molecule has 0 saturated heterocycles. The Balaban J connectivity index is 4.29. The first kappa shape index (κ1) is 79.6. The molecule has 82 heavy (non-hydrogen) atoms. The van der Waals surface area contributed by atoms with Gasteiger partial charge in [0.2, 0.25) is 0 Å². The molecule has 0 rings (SSSR count). The van der Waals surface area contributed by atoms with Gasteiger partial charge in [0, 0.05) is 19.3 Å². The summed E-state index contributed by atoms with van der Waals surface area (Å²) in [5.74, 6) is -0.849. The molecule has 1 atom stereocenters. The summed E-state index contributed by atoms with van der Waals surface area (Å²) in [5.41, 5.74) is 0. The molecule has 0 aromatic heterocycles. The zero-order chi connectivity index (χ0) is 59.2. The SMILES string of the molecule is CCCCCC/C=C\C/C=C\CCCCCCCCCC(=O)OCC(COC(=O)CCCCCCCCCCCCCCCCCCCCCCCCCCC)OC(=O)CCCCCCCCCCC/C=C\CCCCCCCCCC.